The van der Waals surface area contributed by atoms with Gasteiger partial charge in [0.25, 0.3) is 0 Å². The third kappa shape index (κ3) is 11.1. The van der Waals surface area contributed by atoms with Gasteiger partial charge in [-0.3, -0.25) is 4.79 Å². The molecule has 0 unspecified atom stereocenters. The molecule has 5 aromatic rings. The van der Waals surface area contributed by atoms with Crippen LogP contribution < -0.4 is 10.0 Å². The number of carbonyl (C=O) groups excluding carboxylic acids is 1. The molecule has 2 aliphatic heterocycles. The quantitative estimate of drug-likeness (QED) is 0.103. The second-order valence-corrected chi connectivity index (χ2v) is 17.8. The molecule has 7 rings (SSSR count). The predicted molar refractivity (Wildman–Crippen MR) is 232 cm³/mol. The molecule has 5 atom stereocenters. The van der Waals surface area contributed by atoms with Crippen LogP contribution in [0.2, 0.25) is 0 Å². The minimum atomic E-state index is -3.97. The second kappa shape index (κ2) is 20.1. The van der Waals surface area contributed by atoms with Crippen LogP contribution in [0.4, 0.5) is 0 Å². The molecule has 5 aromatic carbocycles. The van der Waals surface area contributed by atoms with Gasteiger partial charge < -0.3 is 24.8 Å². The number of rotatable bonds is 14. The fraction of sp³-hybridized carbons (Fsp3) is 0.367. The molecule has 0 saturated carbocycles. The van der Waals surface area contributed by atoms with Crippen LogP contribution in [0.5, 0.6) is 0 Å². The first-order valence-electron chi connectivity index (χ1n) is 21.0. The average molecular weight is 816 g/mol. The first-order valence-corrected chi connectivity index (χ1v) is 22.5. The Morgan fingerprint density at radius 3 is 2.10 bits per heavy atom. The number of aliphatic hydroxyl groups is 1. The SMILES string of the molecule is Cc1ccc(S(=O)(=O)N[C@H](Cc2ccccc2)C(=O)NCc2ccccc2-c2ccc([C@H]3O[C@@H](CN4CCCCCCC4)[C@@H](C)[C@@H](c4ccc(CO)cc4)O3)cc2)cc1. The summed E-state index contributed by atoms with van der Waals surface area (Å²) >= 11 is 0. The van der Waals surface area contributed by atoms with Crippen molar-refractivity contribution in [3.05, 3.63) is 161 Å². The highest BCUT2D eigenvalue weighted by atomic mass is 32.2. The Hall–Kier alpha value is -4.68. The lowest BCUT2D eigenvalue weighted by atomic mass is 9.89. The Balaban J connectivity index is 1.08. The van der Waals surface area contributed by atoms with E-state index < -0.39 is 28.3 Å². The summed E-state index contributed by atoms with van der Waals surface area (Å²) in [5, 5.41) is 12.7. The fourth-order valence-electron chi connectivity index (χ4n) is 8.17. The van der Waals surface area contributed by atoms with Crippen LogP contribution in [0.15, 0.2) is 132 Å². The molecule has 0 aliphatic carbocycles. The molecule has 9 nitrogen and oxygen atoms in total. The van der Waals surface area contributed by atoms with Crippen molar-refractivity contribution >= 4 is 15.9 Å². The highest BCUT2D eigenvalue weighted by Crippen LogP contribution is 2.42. The summed E-state index contributed by atoms with van der Waals surface area (Å²) in [6.07, 6.45) is 5.69. The van der Waals surface area contributed by atoms with Gasteiger partial charge in [-0.15, -0.1) is 0 Å². The number of hydrogen-bond donors (Lipinski definition) is 3. The third-order valence-electron chi connectivity index (χ3n) is 11.7. The van der Waals surface area contributed by atoms with Gasteiger partial charge in [-0.2, -0.15) is 4.72 Å². The van der Waals surface area contributed by atoms with Crippen LogP contribution in [-0.2, 0) is 43.9 Å². The largest absolute Gasteiger partial charge is 0.392 e. The van der Waals surface area contributed by atoms with E-state index in [0.29, 0.717) is 0 Å². The predicted octanol–water partition coefficient (Wildman–Crippen LogP) is 8.42. The number of likely N-dealkylation sites (tertiary alicyclic amines) is 1. The lowest BCUT2D eigenvalue weighted by Crippen LogP contribution is -2.47. The molecule has 310 valence electrons. The molecular formula is C49H57N3O6S. The highest BCUT2D eigenvalue weighted by Gasteiger charge is 2.39. The van der Waals surface area contributed by atoms with Crippen molar-refractivity contribution < 1.29 is 27.8 Å². The van der Waals surface area contributed by atoms with E-state index in [-0.39, 0.29) is 42.6 Å². The Kier molecular flexibility index (Phi) is 14.4. The Morgan fingerprint density at radius 2 is 1.41 bits per heavy atom. The van der Waals surface area contributed by atoms with Crippen molar-refractivity contribution in [1.29, 1.82) is 0 Å². The van der Waals surface area contributed by atoms with Gasteiger partial charge in [-0.1, -0.05) is 147 Å². The maximum absolute atomic E-state index is 13.8. The van der Waals surface area contributed by atoms with Crippen LogP contribution in [-0.4, -0.2) is 56.1 Å². The van der Waals surface area contributed by atoms with Gasteiger partial charge in [0.1, 0.15) is 6.04 Å². The lowest BCUT2D eigenvalue weighted by Gasteiger charge is -2.43. The summed E-state index contributed by atoms with van der Waals surface area (Å²) in [4.78, 5) is 16.5. The molecule has 0 spiro atoms. The average Bonchev–Trinajstić information content (AvgIpc) is 3.25. The number of benzene rings is 5. The molecule has 2 aliphatic rings. The summed E-state index contributed by atoms with van der Waals surface area (Å²) < 4.78 is 43.2. The van der Waals surface area contributed by atoms with E-state index in [1.54, 1.807) is 24.3 Å². The number of ether oxygens (including phenoxy) is 2. The number of nitrogens with zero attached hydrogens (tertiary/aromatic N) is 1. The van der Waals surface area contributed by atoms with E-state index >= 15 is 0 Å². The van der Waals surface area contributed by atoms with E-state index in [2.05, 4.69) is 58.3 Å². The molecule has 2 saturated heterocycles. The van der Waals surface area contributed by atoms with Crippen molar-refractivity contribution in [2.75, 3.05) is 19.6 Å². The lowest BCUT2D eigenvalue weighted by molar-refractivity contribution is -0.276. The van der Waals surface area contributed by atoms with Crippen LogP contribution >= 0.6 is 0 Å². The molecule has 2 heterocycles. The zero-order chi connectivity index (χ0) is 41.2. The molecule has 3 N–H and O–H groups in total. The van der Waals surface area contributed by atoms with Gasteiger partial charge in [-0.25, -0.2) is 8.42 Å². The van der Waals surface area contributed by atoms with E-state index in [0.717, 1.165) is 64.1 Å². The monoisotopic (exact) mass is 815 g/mol. The van der Waals surface area contributed by atoms with Gasteiger partial charge >= 0.3 is 0 Å². The highest BCUT2D eigenvalue weighted by molar-refractivity contribution is 7.89. The smallest absolute Gasteiger partial charge is 0.241 e. The molecule has 59 heavy (non-hydrogen) atoms. The maximum atomic E-state index is 13.8. The van der Waals surface area contributed by atoms with Gasteiger partial charge in [0.05, 0.1) is 23.7 Å². The molecule has 0 radical (unpaired) electrons. The van der Waals surface area contributed by atoms with Crippen LogP contribution in [0.25, 0.3) is 11.1 Å². The van der Waals surface area contributed by atoms with Crippen molar-refractivity contribution in [2.45, 2.75) is 95.0 Å². The van der Waals surface area contributed by atoms with E-state index in [9.17, 15) is 18.3 Å². The van der Waals surface area contributed by atoms with Crippen LogP contribution in [0.1, 0.15) is 84.8 Å². The molecule has 1 amide bonds. The number of amides is 1. The summed E-state index contributed by atoms with van der Waals surface area (Å²) in [6, 6.07) is 39.2. The molecule has 0 aromatic heterocycles. The van der Waals surface area contributed by atoms with Crippen molar-refractivity contribution in [3.63, 3.8) is 0 Å². The van der Waals surface area contributed by atoms with Gasteiger partial charge in [0, 0.05) is 24.6 Å². The van der Waals surface area contributed by atoms with E-state index in [1.807, 2.05) is 73.7 Å². The van der Waals surface area contributed by atoms with Crippen molar-refractivity contribution in [3.8, 4) is 11.1 Å². The Labute approximate surface area is 349 Å². The maximum Gasteiger partial charge on any atom is 0.241 e. The number of nitrogens with one attached hydrogen (secondary N) is 2. The third-order valence-corrected chi connectivity index (χ3v) is 13.2. The number of sulfonamides is 1. The van der Waals surface area contributed by atoms with Crippen LogP contribution in [0.3, 0.4) is 0 Å². The zero-order valence-electron chi connectivity index (χ0n) is 34.1. The molecule has 2 fully saturated rings. The van der Waals surface area contributed by atoms with Gasteiger partial charge in [-0.05, 0) is 84.8 Å². The van der Waals surface area contributed by atoms with E-state index in [1.165, 1.54) is 32.1 Å². The first kappa shape index (κ1) is 42.4. The summed E-state index contributed by atoms with van der Waals surface area (Å²) in [6.45, 7) is 7.33. The number of aryl methyl sites for hydroxylation is 1. The molecule has 10 heteroatoms. The summed E-state index contributed by atoms with van der Waals surface area (Å²) in [5.41, 5.74) is 7.47. The number of carbonyl (C=O) groups is 1. The Bertz CT molecular complexity index is 2210. The van der Waals surface area contributed by atoms with Crippen LogP contribution in [0, 0.1) is 12.8 Å². The number of hydrogen-bond acceptors (Lipinski definition) is 7. The summed E-state index contributed by atoms with van der Waals surface area (Å²) in [7, 11) is -3.97. The normalized spacial score (nSPS) is 20.9. The Morgan fingerprint density at radius 1 is 0.763 bits per heavy atom. The topological polar surface area (TPSA) is 117 Å². The zero-order valence-corrected chi connectivity index (χ0v) is 34.9. The van der Waals surface area contributed by atoms with Gasteiger partial charge in [0.15, 0.2) is 6.29 Å². The molecule has 0 bridgehead atoms. The second-order valence-electron chi connectivity index (χ2n) is 16.1. The summed E-state index contributed by atoms with van der Waals surface area (Å²) in [5.74, 6) is -0.301. The minimum Gasteiger partial charge on any atom is -0.392 e. The van der Waals surface area contributed by atoms with Gasteiger partial charge in [0.2, 0.25) is 15.9 Å². The van der Waals surface area contributed by atoms with Crippen molar-refractivity contribution in [2.24, 2.45) is 5.92 Å². The fourth-order valence-corrected chi connectivity index (χ4v) is 9.37. The minimum absolute atomic E-state index is 0.00261. The number of aliphatic hydroxyl groups excluding tert-OH is 1. The molecular weight excluding hydrogens is 759 g/mol. The standard InChI is InChI=1S/C49H57N3O6S/c1-35-17-27-43(28-18-35)59(55,56)51-45(31-37-13-7-6-8-14-37)48(54)50-32-42-15-9-10-16-44(42)39-23-25-41(26-24-39)49-57-46(33-52-29-11-4-3-5-12-30-52)36(2)47(58-49)40-21-19-38(34-53)20-22-40/h6-10,13-28,36,45-47,49,51,53H,3-5,11-12,29-34H2,1-2H3,(H,50,54)/t36-,45-,46+,47+,49+/m1/s1. The van der Waals surface area contributed by atoms with Crippen molar-refractivity contribution in [1.82, 2.24) is 14.9 Å². The van der Waals surface area contributed by atoms with E-state index in [4.69, 9.17) is 9.47 Å². The first-order chi connectivity index (χ1) is 28.7.